The second-order valence-electron chi connectivity index (χ2n) is 8.57. The van der Waals surface area contributed by atoms with Gasteiger partial charge in [0, 0.05) is 50.4 Å². The van der Waals surface area contributed by atoms with Crippen molar-refractivity contribution in [1.29, 1.82) is 0 Å². The highest BCUT2D eigenvalue weighted by Crippen LogP contribution is 2.29. The number of hydrogen-bond donors (Lipinski definition) is 1. The SMILES string of the molecule is Cc1cc(CN2CCN(CC(=O)NCC(c3ccccc3Cl)N3CCCC3)CC2)no1. The number of nitrogens with one attached hydrogen (secondary N) is 1. The second-order valence-corrected chi connectivity index (χ2v) is 8.97. The van der Waals surface area contributed by atoms with Gasteiger partial charge in [0.2, 0.25) is 5.91 Å². The van der Waals surface area contributed by atoms with Gasteiger partial charge in [-0.2, -0.15) is 0 Å². The summed E-state index contributed by atoms with van der Waals surface area (Å²) in [4.78, 5) is 19.7. The van der Waals surface area contributed by atoms with E-state index in [4.69, 9.17) is 16.1 Å². The van der Waals surface area contributed by atoms with Crippen molar-refractivity contribution >= 4 is 17.5 Å². The zero-order valence-corrected chi connectivity index (χ0v) is 19.0. The van der Waals surface area contributed by atoms with Gasteiger partial charge in [0.25, 0.3) is 0 Å². The average molecular weight is 446 g/mol. The van der Waals surface area contributed by atoms with Crippen LogP contribution in [-0.2, 0) is 11.3 Å². The molecule has 0 bridgehead atoms. The number of hydrogen-bond acceptors (Lipinski definition) is 6. The molecule has 2 fully saturated rings. The molecule has 3 heterocycles. The summed E-state index contributed by atoms with van der Waals surface area (Å²) in [6.07, 6.45) is 2.40. The van der Waals surface area contributed by atoms with E-state index in [2.05, 4.69) is 31.2 Å². The highest BCUT2D eigenvalue weighted by molar-refractivity contribution is 6.31. The number of rotatable bonds is 8. The van der Waals surface area contributed by atoms with E-state index in [1.54, 1.807) is 0 Å². The van der Waals surface area contributed by atoms with Crippen LogP contribution in [0.5, 0.6) is 0 Å². The Morgan fingerprint density at radius 2 is 1.84 bits per heavy atom. The van der Waals surface area contributed by atoms with Crippen molar-refractivity contribution in [1.82, 2.24) is 25.2 Å². The third-order valence-corrected chi connectivity index (χ3v) is 6.58. The number of benzene rings is 1. The molecule has 7 nitrogen and oxygen atoms in total. The molecule has 4 rings (SSSR count). The number of carbonyl (C=O) groups is 1. The van der Waals surface area contributed by atoms with E-state index in [1.807, 2.05) is 31.2 Å². The molecule has 2 aliphatic rings. The zero-order chi connectivity index (χ0) is 21.6. The van der Waals surface area contributed by atoms with Gasteiger partial charge in [0.05, 0.1) is 18.3 Å². The summed E-state index contributed by atoms with van der Waals surface area (Å²) in [5, 5.41) is 8.01. The van der Waals surface area contributed by atoms with Gasteiger partial charge >= 0.3 is 0 Å². The highest BCUT2D eigenvalue weighted by Gasteiger charge is 2.26. The first kappa shape index (κ1) is 22.3. The molecule has 2 aromatic rings. The molecule has 2 saturated heterocycles. The maximum absolute atomic E-state index is 12.7. The van der Waals surface area contributed by atoms with E-state index in [0.717, 1.165) is 67.9 Å². The summed E-state index contributed by atoms with van der Waals surface area (Å²) in [5.41, 5.74) is 2.07. The lowest BCUT2D eigenvalue weighted by atomic mass is 10.1. The molecule has 1 aromatic heterocycles. The number of amides is 1. The Morgan fingerprint density at radius 3 is 2.52 bits per heavy atom. The Kier molecular flexibility index (Phi) is 7.61. The van der Waals surface area contributed by atoms with Crippen LogP contribution in [0.25, 0.3) is 0 Å². The summed E-state index contributed by atoms with van der Waals surface area (Å²) in [6, 6.07) is 10.1. The van der Waals surface area contributed by atoms with Gasteiger partial charge in [-0.25, -0.2) is 0 Å². The van der Waals surface area contributed by atoms with Crippen molar-refractivity contribution in [3.05, 3.63) is 52.4 Å². The first-order valence-corrected chi connectivity index (χ1v) is 11.6. The van der Waals surface area contributed by atoms with Crippen LogP contribution in [0.15, 0.2) is 34.9 Å². The fourth-order valence-corrected chi connectivity index (χ4v) is 4.79. The third kappa shape index (κ3) is 6.07. The smallest absolute Gasteiger partial charge is 0.234 e. The van der Waals surface area contributed by atoms with E-state index >= 15 is 0 Å². The molecule has 0 saturated carbocycles. The Bertz CT molecular complexity index is 859. The van der Waals surface area contributed by atoms with Crippen LogP contribution in [0.1, 0.15) is 35.9 Å². The minimum Gasteiger partial charge on any atom is -0.361 e. The van der Waals surface area contributed by atoms with Crippen LogP contribution in [0, 0.1) is 6.92 Å². The number of nitrogens with zero attached hydrogens (tertiary/aromatic N) is 4. The van der Waals surface area contributed by atoms with Crippen molar-refractivity contribution in [2.45, 2.75) is 32.4 Å². The van der Waals surface area contributed by atoms with Gasteiger partial charge in [-0.05, 0) is 44.5 Å². The molecular formula is C23H32ClN5O2. The third-order valence-electron chi connectivity index (χ3n) is 6.23. The summed E-state index contributed by atoms with van der Waals surface area (Å²) in [5.74, 6) is 0.922. The molecular weight excluding hydrogens is 414 g/mol. The highest BCUT2D eigenvalue weighted by atomic mass is 35.5. The fourth-order valence-electron chi connectivity index (χ4n) is 4.53. The summed E-state index contributed by atoms with van der Waals surface area (Å²) < 4.78 is 5.15. The van der Waals surface area contributed by atoms with Crippen molar-refractivity contribution in [2.24, 2.45) is 0 Å². The van der Waals surface area contributed by atoms with E-state index in [9.17, 15) is 4.79 Å². The Balaban J connectivity index is 1.25. The van der Waals surface area contributed by atoms with Crippen LogP contribution < -0.4 is 5.32 Å². The summed E-state index contributed by atoms with van der Waals surface area (Å²) in [6.45, 7) is 9.45. The Labute approximate surface area is 189 Å². The van der Waals surface area contributed by atoms with E-state index < -0.39 is 0 Å². The van der Waals surface area contributed by atoms with Crippen molar-refractivity contribution < 1.29 is 9.32 Å². The van der Waals surface area contributed by atoms with Gasteiger partial charge in [0.1, 0.15) is 5.76 Å². The van der Waals surface area contributed by atoms with Gasteiger partial charge in [-0.1, -0.05) is 35.0 Å². The predicted octanol–water partition coefficient (Wildman–Crippen LogP) is 2.71. The molecule has 1 aromatic carbocycles. The predicted molar refractivity (Wildman–Crippen MR) is 121 cm³/mol. The number of piperazine rings is 1. The van der Waals surface area contributed by atoms with Crippen LogP contribution in [0.2, 0.25) is 5.02 Å². The Morgan fingerprint density at radius 1 is 1.13 bits per heavy atom. The molecule has 1 atom stereocenters. The molecule has 31 heavy (non-hydrogen) atoms. The summed E-state index contributed by atoms with van der Waals surface area (Å²) in [7, 11) is 0. The lowest BCUT2D eigenvalue weighted by Crippen LogP contribution is -2.49. The fraction of sp³-hybridized carbons (Fsp3) is 0.565. The zero-order valence-electron chi connectivity index (χ0n) is 18.2. The minimum atomic E-state index is 0.0804. The van der Waals surface area contributed by atoms with Crippen LogP contribution in [0.4, 0.5) is 0 Å². The van der Waals surface area contributed by atoms with Gasteiger partial charge in [0.15, 0.2) is 0 Å². The van der Waals surface area contributed by atoms with Crippen LogP contribution in [-0.4, -0.2) is 78.1 Å². The quantitative estimate of drug-likeness (QED) is 0.674. The van der Waals surface area contributed by atoms with Crippen LogP contribution >= 0.6 is 11.6 Å². The molecule has 0 aliphatic carbocycles. The summed E-state index contributed by atoms with van der Waals surface area (Å²) >= 11 is 6.48. The molecule has 0 spiro atoms. The number of aromatic nitrogens is 1. The molecule has 1 N–H and O–H groups in total. The number of likely N-dealkylation sites (tertiary alicyclic amines) is 1. The normalized spacial score (nSPS) is 19.5. The van der Waals surface area contributed by atoms with Crippen molar-refractivity contribution in [2.75, 3.05) is 52.4 Å². The molecule has 1 amide bonds. The minimum absolute atomic E-state index is 0.0804. The number of aryl methyl sites for hydroxylation is 1. The molecule has 1 unspecified atom stereocenters. The Hall–Kier alpha value is -1.93. The second kappa shape index (κ2) is 10.6. The standard InChI is InChI=1S/C23H32ClN5O2/c1-18-14-19(26-31-18)16-27-10-12-28(13-11-27)17-23(30)25-15-22(29-8-4-5-9-29)20-6-2-3-7-21(20)24/h2-3,6-7,14,22H,4-5,8-13,15-17H2,1H3,(H,25,30). The number of carbonyl (C=O) groups excluding carboxylic acids is 1. The van der Waals surface area contributed by atoms with E-state index in [0.29, 0.717) is 13.1 Å². The van der Waals surface area contributed by atoms with Crippen molar-refractivity contribution in [3.8, 4) is 0 Å². The monoisotopic (exact) mass is 445 g/mol. The lowest BCUT2D eigenvalue weighted by molar-refractivity contribution is -0.123. The molecule has 8 heteroatoms. The molecule has 2 aliphatic heterocycles. The lowest BCUT2D eigenvalue weighted by Gasteiger charge is -2.34. The molecule has 168 valence electrons. The average Bonchev–Trinajstić information content (AvgIpc) is 3.43. The first-order chi connectivity index (χ1) is 15.1. The van der Waals surface area contributed by atoms with E-state index in [-0.39, 0.29) is 11.9 Å². The van der Waals surface area contributed by atoms with Crippen molar-refractivity contribution in [3.63, 3.8) is 0 Å². The van der Waals surface area contributed by atoms with Gasteiger partial charge < -0.3 is 9.84 Å². The van der Waals surface area contributed by atoms with Gasteiger partial charge in [-0.15, -0.1) is 0 Å². The van der Waals surface area contributed by atoms with Gasteiger partial charge in [-0.3, -0.25) is 19.5 Å². The van der Waals surface area contributed by atoms with Crippen LogP contribution in [0.3, 0.4) is 0 Å². The van der Waals surface area contributed by atoms with E-state index in [1.165, 1.54) is 12.8 Å². The molecule has 0 radical (unpaired) electrons. The first-order valence-electron chi connectivity index (χ1n) is 11.2. The maximum Gasteiger partial charge on any atom is 0.234 e. The maximum atomic E-state index is 12.7. The number of halogens is 1. The topological polar surface area (TPSA) is 64.8 Å². The largest absolute Gasteiger partial charge is 0.361 e.